The van der Waals surface area contributed by atoms with E-state index in [2.05, 4.69) is 4.98 Å². The zero-order valence-electron chi connectivity index (χ0n) is 11.5. The number of aliphatic carboxylic acids is 1. The van der Waals surface area contributed by atoms with E-state index in [1.54, 1.807) is 13.8 Å². The van der Waals surface area contributed by atoms with Gasteiger partial charge in [-0.15, -0.1) is 0 Å². The molecule has 0 radical (unpaired) electrons. The summed E-state index contributed by atoms with van der Waals surface area (Å²) in [6, 6.07) is 7.66. The van der Waals surface area contributed by atoms with E-state index in [1.165, 1.54) is 0 Å². The third-order valence-electron chi connectivity index (χ3n) is 3.62. The molecule has 0 saturated carbocycles. The Balaban J connectivity index is 2.39. The number of rotatable bonds is 4. The first-order valence-corrected chi connectivity index (χ1v) is 6.39. The Hall–Kier alpha value is -1.81. The monoisotopic (exact) mass is 260 g/mol. The molecule has 19 heavy (non-hydrogen) atoms. The van der Waals surface area contributed by atoms with Gasteiger partial charge in [-0.2, -0.15) is 0 Å². The number of nitrogens with one attached hydrogen (secondary N) is 1. The van der Waals surface area contributed by atoms with E-state index in [0.29, 0.717) is 6.42 Å². The maximum absolute atomic E-state index is 11.2. The second kappa shape index (κ2) is 4.70. The van der Waals surface area contributed by atoms with E-state index < -0.39 is 11.4 Å². The van der Waals surface area contributed by atoms with Crippen LogP contribution in [0.2, 0.25) is 0 Å². The standard InChI is InChI=1S/C15H20N2O2/c1-9-13(10-6-4-5-7-12(10)17-9)11(16)8-15(2,3)14(18)19/h4-7,11,17H,8,16H2,1-3H3,(H,18,19). The summed E-state index contributed by atoms with van der Waals surface area (Å²) in [7, 11) is 0. The fourth-order valence-corrected chi connectivity index (χ4v) is 2.52. The Morgan fingerprint density at radius 3 is 2.68 bits per heavy atom. The summed E-state index contributed by atoms with van der Waals surface area (Å²) in [6.45, 7) is 5.39. The number of aryl methyl sites for hydroxylation is 1. The number of aromatic nitrogens is 1. The van der Waals surface area contributed by atoms with Crippen molar-refractivity contribution in [3.63, 3.8) is 0 Å². The Morgan fingerprint density at radius 1 is 1.42 bits per heavy atom. The number of hydrogen-bond acceptors (Lipinski definition) is 2. The van der Waals surface area contributed by atoms with Crippen molar-refractivity contribution in [1.29, 1.82) is 0 Å². The molecule has 4 N–H and O–H groups in total. The lowest BCUT2D eigenvalue weighted by atomic mass is 9.83. The van der Waals surface area contributed by atoms with E-state index in [-0.39, 0.29) is 6.04 Å². The highest BCUT2D eigenvalue weighted by Gasteiger charge is 2.31. The van der Waals surface area contributed by atoms with Crippen LogP contribution >= 0.6 is 0 Å². The van der Waals surface area contributed by atoms with E-state index in [9.17, 15) is 9.90 Å². The molecule has 102 valence electrons. The van der Waals surface area contributed by atoms with Crippen LogP contribution in [0.25, 0.3) is 10.9 Å². The molecule has 4 heteroatoms. The predicted molar refractivity (Wildman–Crippen MR) is 76.0 cm³/mol. The number of hydrogen-bond donors (Lipinski definition) is 3. The van der Waals surface area contributed by atoms with Crippen molar-refractivity contribution in [3.05, 3.63) is 35.5 Å². The highest BCUT2D eigenvalue weighted by atomic mass is 16.4. The molecule has 0 aliphatic heterocycles. The Kier molecular flexibility index (Phi) is 3.37. The molecule has 0 fully saturated rings. The van der Waals surface area contributed by atoms with Crippen molar-refractivity contribution >= 4 is 16.9 Å². The molecule has 0 amide bonds. The molecule has 1 unspecified atom stereocenters. The van der Waals surface area contributed by atoms with Crippen molar-refractivity contribution in [3.8, 4) is 0 Å². The minimum Gasteiger partial charge on any atom is -0.481 e. The second-order valence-corrected chi connectivity index (χ2v) is 5.71. The molecule has 0 bridgehead atoms. The minimum atomic E-state index is -0.829. The first-order valence-electron chi connectivity index (χ1n) is 6.39. The molecule has 0 aliphatic rings. The topological polar surface area (TPSA) is 79.1 Å². The molecule has 1 aromatic heterocycles. The van der Waals surface area contributed by atoms with Crippen molar-refractivity contribution in [1.82, 2.24) is 4.98 Å². The van der Waals surface area contributed by atoms with Gasteiger partial charge in [-0.05, 0) is 38.8 Å². The summed E-state index contributed by atoms with van der Waals surface area (Å²) >= 11 is 0. The quantitative estimate of drug-likeness (QED) is 0.790. The van der Waals surface area contributed by atoms with E-state index in [4.69, 9.17) is 5.73 Å². The first-order chi connectivity index (χ1) is 8.83. The van der Waals surface area contributed by atoms with Crippen LogP contribution in [0.1, 0.15) is 37.6 Å². The van der Waals surface area contributed by atoms with Crippen LogP contribution in [0.5, 0.6) is 0 Å². The average Bonchev–Trinajstić information content (AvgIpc) is 2.63. The number of nitrogens with two attached hydrogens (primary N) is 1. The Bertz CT molecular complexity index is 614. The number of para-hydroxylation sites is 1. The normalized spacial score (nSPS) is 13.7. The van der Waals surface area contributed by atoms with Gasteiger partial charge in [0.15, 0.2) is 0 Å². The highest BCUT2D eigenvalue weighted by Crippen LogP contribution is 2.34. The molecule has 2 rings (SSSR count). The summed E-state index contributed by atoms with van der Waals surface area (Å²) in [5.41, 5.74) is 8.49. The fourth-order valence-electron chi connectivity index (χ4n) is 2.52. The van der Waals surface area contributed by atoms with Crippen molar-refractivity contribution in [2.45, 2.75) is 33.2 Å². The summed E-state index contributed by atoms with van der Waals surface area (Å²) in [6.07, 6.45) is 0.408. The molecule has 1 aromatic carbocycles. The number of carboxylic acids is 1. The predicted octanol–water partition coefficient (Wildman–Crippen LogP) is 2.98. The number of carbonyl (C=O) groups is 1. The van der Waals surface area contributed by atoms with Crippen LogP contribution in [-0.4, -0.2) is 16.1 Å². The zero-order valence-corrected chi connectivity index (χ0v) is 11.5. The largest absolute Gasteiger partial charge is 0.481 e. The van der Waals surface area contributed by atoms with Gasteiger partial charge in [0.25, 0.3) is 0 Å². The SMILES string of the molecule is Cc1[nH]c2ccccc2c1C(N)CC(C)(C)C(=O)O. The lowest BCUT2D eigenvalue weighted by molar-refractivity contribution is -0.147. The number of aromatic amines is 1. The molecule has 0 aliphatic carbocycles. The van der Waals surface area contributed by atoms with Gasteiger partial charge in [0.05, 0.1) is 5.41 Å². The first kappa shape index (κ1) is 13.6. The van der Waals surface area contributed by atoms with Gasteiger partial charge in [-0.25, -0.2) is 0 Å². The highest BCUT2D eigenvalue weighted by molar-refractivity contribution is 5.85. The van der Waals surface area contributed by atoms with Crippen LogP contribution < -0.4 is 5.73 Å². The van der Waals surface area contributed by atoms with Crippen LogP contribution in [0.4, 0.5) is 0 Å². The minimum absolute atomic E-state index is 0.290. The Morgan fingerprint density at radius 2 is 2.05 bits per heavy atom. The summed E-state index contributed by atoms with van der Waals surface area (Å²) in [5.74, 6) is -0.819. The molecule has 2 aromatic rings. The van der Waals surface area contributed by atoms with Gasteiger partial charge >= 0.3 is 5.97 Å². The smallest absolute Gasteiger partial charge is 0.309 e. The lowest BCUT2D eigenvalue weighted by Crippen LogP contribution is -2.29. The molecular formula is C15H20N2O2. The van der Waals surface area contributed by atoms with E-state index in [0.717, 1.165) is 22.2 Å². The number of benzene rings is 1. The van der Waals surface area contributed by atoms with Crippen LogP contribution in [-0.2, 0) is 4.79 Å². The third kappa shape index (κ3) is 2.49. The molecule has 1 atom stereocenters. The molecule has 0 saturated heterocycles. The molecule has 4 nitrogen and oxygen atoms in total. The van der Waals surface area contributed by atoms with Gasteiger partial charge in [-0.1, -0.05) is 18.2 Å². The van der Waals surface area contributed by atoms with Crippen LogP contribution in [0.3, 0.4) is 0 Å². The van der Waals surface area contributed by atoms with Crippen LogP contribution in [0.15, 0.2) is 24.3 Å². The maximum atomic E-state index is 11.2. The number of fused-ring (bicyclic) bond motifs is 1. The average molecular weight is 260 g/mol. The third-order valence-corrected chi connectivity index (χ3v) is 3.62. The molecule has 1 heterocycles. The van der Waals surface area contributed by atoms with E-state index in [1.807, 2.05) is 31.2 Å². The maximum Gasteiger partial charge on any atom is 0.309 e. The zero-order chi connectivity index (χ0) is 14.2. The van der Waals surface area contributed by atoms with Gasteiger partial charge < -0.3 is 15.8 Å². The van der Waals surface area contributed by atoms with Crippen LogP contribution in [0, 0.1) is 12.3 Å². The molecular weight excluding hydrogens is 240 g/mol. The summed E-state index contributed by atoms with van der Waals surface area (Å²) < 4.78 is 0. The lowest BCUT2D eigenvalue weighted by Gasteiger charge is -2.23. The van der Waals surface area contributed by atoms with Gasteiger partial charge in [-0.3, -0.25) is 4.79 Å². The van der Waals surface area contributed by atoms with Crippen molar-refractivity contribution in [2.24, 2.45) is 11.1 Å². The van der Waals surface area contributed by atoms with Crippen molar-refractivity contribution in [2.75, 3.05) is 0 Å². The molecule has 0 spiro atoms. The number of H-pyrrole nitrogens is 1. The van der Waals surface area contributed by atoms with Gasteiger partial charge in [0, 0.05) is 22.6 Å². The second-order valence-electron chi connectivity index (χ2n) is 5.71. The van der Waals surface area contributed by atoms with Gasteiger partial charge in [0.2, 0.25) is 0 Å². The van der Waals surface area contributed by atoms with Crippen molar-refractivity contribution < 1.29 is 9.90 Å². The van der Waals surface area contributed by atoms with Gasteiger partial charge in [0.1, 0.15) is 0 Å². The summed E-state index contributed by atoms with van der Waals surface area (Å²) in [5, 5.41) is 10.3. The Labute approximate surface area is 112 Å². The number of carboxylic acid groups (broad SMARTS) is 1. The summed E-state index contributed by atoms with van der Waals surface area (Å²) in [4.78, 5) is 14.5. The van der Waals surface area contributed by atoms with E-state index >= 15 is 0 Å². The fraction of sp³-hybridized carbons (Fsp3) is 0.400.